The zero-order chi connectivity index (χ0) is 12.3. The monoisotopic (exact) mass is 265 g/mol. The van der Waals surface area contributed by atoms with Crippen molar-refractivity contribution in [2.24, 2.45) is 0 Å². The van der Waals surface area contributed by atoms with Crippen LogP contribution in [0.2, 0.25) is 10.0 Å². The summed E-state index contributed by atoms with van der Waals surface area (Å²) in [7, 11) is 0. The molecule has 0 aliphatic rings. The Labute approximate surface area is 111 Å². The molecule has 0 heterocycles. The zero-order valence-electron chi connectivity index (χ0n) is 9.12. The number of hydrogen-bond acceptors (Lipinski definition) is 1. The molecule has 0 aromatic heterocycles. The highest BCUT2D eigenvalue weighted by molar-refractivity contribution is 6.37. The Hall–Kier alpha value is -1.18. The Bertz CT molecular complexity index is 486. The topological polar surface area (TPSA) is 9.23 Å². The molecule has 0 saturated carbocycles. The van der Waals surface area contributed by atoms with Crippen molar-refractivity contribution in [1.82, 2.24) is 0 Å². The lowest BCUT2D eigenvalue weighted by molar-refractivity contribution is 0.306. The largest absolute Gasteiger partial charge is 0.486 e. The molecule has 2 rings (SSSR count). The Morgan fingerprint density at radius 1 is 1.00 bits per heavy atom. The van der Waals surface area contributed by atoms with E-state index in [1.807, 2.05) is 30.3 Å². The van der Waals surface area contributed by atoms with E-state index in [2.05, 4.69) is 6.92 Å². The smallest absolute Gasteiger partial charge is 0.156 e. The van der Waals surface area contributed by atoms with Crippen molar-refractivity contribution in [3.63, 3.8) is 0 Å². The predicted molar refractivity (Wildman–Crippen MR) is 71.7 cm³/mol. The Kier molecular flexibility index (Phi) is 3.93. The molecule has 0 saturated heterocycles. The molecule has 87 valence electrons. The second-order valence-corrected chi connectivity index (χ2v) is 4.48. The molecule has 3 heteroatoms. The van der Waals surface area contributed by atoms with E-state index < -0.39 is 0 Å². The van der Waals surface area contributed by atoms with Gasteiger partial charge in [0.05, 0.1) is 10.0 Å². The van der Waals surface area contributed by atoms with Crippen LogP contribution in [0.1, 0.15) is 11.1 Å². The van der Waals surface area contributed by atoms with E-state index in [0.717, 1.165) is 11.1 Å². The maximum atomic E-state index is 6.05. The summed E-state index contributed by atoms with van der Waals surface area (Å²) in [6.45, 7) is 4.22. The molecule has 0 aliphatic heterocycles. The van der Waals surface area contributed by atoms with Gasteiger partial charge >= 0.3 is 0 Å². The van der Waals surface area contributed by atoms with Gasteiger partial charge in [0.25, 0.3) is 0 Å². The van der Waals surface area contributed by atoms with Gasteiger partial charge < -0.3 is 4.74 Å². The number of ether oxygens (including phenoxy) is 1. The SMILES string of the molecule is [CH2]c1cc(Cl)c(OCc2ccccc2)c(Cl)c1. The molecule has 0 bridgehead atoms. The summed E-state index contributed by atoms with van der Waals surface area (Å²) in [5.74, 6) is 0.504. The Morgan fingerprint density at radius 2 is 1.59 bits per heavy atom. The van der Waals surface area contributed by atoms with Gasteiger partial charge in [-0.3, -0.25) is 0 Å². The summed E-state index contributed by atoms with van der Waals surface area (Å²) in [6, 6.07) is 13.3. The standard InChI is InChI=1S/C14H11Cl2O/c1-10-7-12(15)14(13(16)8-10)17-9-11-5-3-2-4-6-11/h2-8H,1,9H2. The quantitative estimate of drug-likeness (QED) is 0.778. The van der Waals surface area contributed by atoms with Crippen LogP contribution in [0.25, 0.3) is 0 Å². The van der Waals surface area contributed by atoms with Gasteiger partial charge in [-0.2, -0.15) is 0 Å². The van der Waals surface area contributed by atoms with Crippen LogP contribution in [0.3, 0.4) is 0 Å². The predicted octanol–water partition coefficient (Wildman–Crippen LogP) is 4.75. The molecule has 1 nitrogen and oxygen atoms in total. The van der Waals surface area contributed by atoms with Crippen molar-refractivity contribution < 1.29 is 4.74 Å². The van der Waals surface area contributed by atoms with Crippen molar-refractivity contribution in [1.29, 1.82) is 0 Å². The Balaban J connectivity index is 2.15. The van der Waals surface area contributed by atoms with Crippen LogP contribution in [0.4, 0.5) is 0 Å². The lowest BCUT2D eigenvalue weighted by Gasteiger charge is -2.10. The van der Waals surface area contributed by atoms with Gasteiger partial charge in [-0.15, -0.1) is 0 Å². The molecule has 0 N–H and O–H groups in total. The summed E-state index contributed by atoms with van der Waals surface area (Å²) in [6.07, 6.45) is 0. The van der Waals surface area contributed by atoms with Gasteiger partial charge in [-0.1, -0.05) is 53.5 Å². The second kappa shape index (κ2) is 5.44. The van der Waals surface area contributed by atoms with Crippen LogP contribution in [0.15, 0.2) is 42.5 Å². The van der Waals surface area contributed by atoms with Gasteiger partial charge in [0.2, 0.25) is 0 Å². The molecule has 0 atom stereocenters. The molecule has 0 unspecified atom stereocenters. The highest BCUT2D eigenvalue weighted by atomic mass is 35.5. The second-order valence-electron chi connectivity index (χ2n) is 3.66. The fraction of sp³-hybridized carbons (Fsp3) is 0.0714. The normalized spacial score (nSPS) is 10.3. The molecule has 0 aliphatic carbocycles. The van der Waals surface area contributed by atoms with E-state index in [9.17, 15) is 0 Å². The maximum absolute atomic E-state index is 6.05. The summed E-state index contributed by atoms with van der Waals surface area (Å²) >= 11 is 12.1. The maximum Gasteiger partial charge on any atom is 0.156 e. The van der Waals surface area contributed by atoms with Crippen molar-refractivity contribution in [3.05, 3.63) is 70.6 Å². The third-order valence-electron chi connectivity index (χ3n) is 2.28. The lowest BCUT2D eigenvalue weighted by atomic mass is 10.2. The first-order valence-corrected chi connectivity index (χ1v) is 5.90. The summed E-state index contributed by atoms with van der Waals surface area (Å²) in [5, 5.41) is 0.969. The van der Waals surface area contributed by atoms with Crippen LogP contribution in [-0.2, 0) is 6.61 Å². The van der Waals surface area contributed by atoms with Gasteiger partial charge in [0, 0.05) is 0 Å². The third-order valence-corrected chi connectivity index (χ3v) is 2.85. The van der Waals surface area contributed by atoms with Crippen molar-refractivity contribution in [2.75, 3.05) is 0 Å². The van der Waals surface area contributed by atoms with E-state index in [0.29, 0.717) is 22.4 Å². The molecular formula is C14H11Cl2O. The minimum absolute atomic E-state index is 0.441. The van der Waals surface area contributed by atoms with Gasteiger partial charge in [0.1, 0.15) is 6.61 Å². The van der Waals surface area contributed by atoms with Gasteiger partial charge in [-0.05, 0) is 30.2 Å². The molecule has 1 radical (unpaired) electrons. The number of benzene rings is 2. The van der Waals surface area contributed by atoms with Crippen LogP contribution in [-0.4, -0.2) is 0 Å². The first kappa shape index (κ1) is 12.3. The van der Waals surface area contributed by atoms with Crippen molar-refractivity contribution in [3.8, 4) is 5.75 Å². The van der Waals surface area contributed by atoms with Crippen molar-refractivity contribution in [2.45, 2.75) is 6.61 Å². The fourth-order valence-electron chi connectivity index (χ4n) is 1.48. The first-order valence-electron chi connectivity index (χ1n) is 5.14. The highest BCUT2D eigenvalue weighted by Crippen LogP contribution is 2.34. The average Bonchev–Trinajstić information content (AvgIpc) is 2.29. The molecule has 0 fully saturated rings. The van der Waals surface area contributed by atoms with Crippen LogP contribution < -0.4 is 4.74 Å². The van der Waals surface area contributed by atoms with Crippen molar-refractivity contribution >= 4 is 23.2 Å². The molecule has 2 aromatic rings. The minimum Gasteiger partial charge on any atom is -0.486 e. The van der Waals surface area contributed by atoms with E-state index in [4.69, 9.17) is 27.9 Å². The third kappa shape index (κ3) is 3.15. The van der Waals surface area contributed by atoms with Crippen LogP contribution >= 0.6 is 23.2 Å². The molecule has 2 aromatic carbocycles. The van der Waals surface area contributed by atoms with Crippen LogP contribution in [0, 0.1) is 6.92 Å². The molecule has 0 spiro atoms. The number of hydrogen-bond donors (Lipinski definition) is 0. The molecular weight excluding hydrogens is 255 g/mol. The first-order chi connectivity index (χ1) is 8.16. The number of rotatable bonds is 3. The lowest BCUT2D eigenvalue weighted by Crippen LogP contribution is -1.96. The van der Waals surface area contributed by atoms with Crippen LogP contribution in [0.5, 0.6) is 5.75 Å². The summed E-state index contributed by atoms with van der Waals surface area (Å²) < 4.78 is 5.62. The minimum atomic E-state index is 0.441. The van der Waals surface area contributed by atoms with E-state index in [1.54, 1.807) is 12.1 Å². The Morgan fingerprint density at radius 3 is 2.18 bits per heavy atom. The average molecular weight is 266 g/mol. The van der Waals surface area contributed by atoms with E-state index >= 15 is 0 Å². The van der Waals surface area contributed by atoms with E-state index in [1.165, 1.54) is 0 Å². The highest BCUT2D eigenvalue weighted by Gasteiger charge is 2.08. The molecule has 17 heavy (non-hydrogen) atoms. The van der Waals surface area contributed by atoms with Gasteiger partial charge in [0.15, 0.2) is 5.75 Å². The van der Waals surface area contributed by atoms with Gasteiger partial charge in [-0.25, -0.2) is 0 Å². The summed E-state index contributed by atoms with van der Waals surface area (Å²) in [4.78, 5) is 0. The fourth-order valence-corrected chi connectivity index (χ4v) is 2.12. The van der Waals surface area contributed by atoms with E-state index in [-0.39, 0.29) is 0 Å². The molecule has 0 amide bonds. The summed E-state index contributed by atoms with van der Waals surface area (Å²) in [5.41, 5.74) is 1.84. The zero-order valence-corrected chi connectivity index (χ0v) is 10.6. The number of halogens is 2.